The number of furan rings is 2. The van der Waals surface area contributed by atoms with Gasteiger partial charge in [-0.25, -0.2) is 0 Å². The second kappa shape index (κ2) is 12.0. The van der Waals surface area contributed by atoms with Crippen LogP contribution < -0.4 is 0 Å². The summed E-state index contributed by atoms with van der Waals surface area (Å²) in [6, 6.07) is 69.9. The van der Waals surface area contributed by atoms with Crippen molar-refractivity contribution in [3.05, 3.63) is 194 Å². The minimum Gasteiger partial charge on any atom is -0.456 e. The molecule has 0 aliphatic rings. The van der Waals surface area contributed by atoms with Gasteiger partial charge in [-0.3, -0.25) is 0 Å². The van der Waals surface area contributed by atoms with E-state index in [-0.39, 0.29) is 0 Å². The first-order chi connectivity index (χ1) is 27.8. The lowest BCUT2D eigenvalue weighted by Crippen LogP contribution is -1.91. The molecule has 12 rings (SSSR count). The lowest BCUT2D eigenvalue weighted by atomic mass is 9.85. The van der Waals surface area contributed by atoms with Crippen LogP contribution in [0.15, 0.2) is 203 Å². The second-order valence-electron chi connectivity index (χ2n) is 14.7. The molecule has 2 aromatic heterocycles. The van der Waals surface area contributed by atoms with Crippen molar-refractivity contribution in [2.75, 3.05) is 0 Å². The van der Waals surface area contributed by atoms with E-state index in [1.807, 2.05) is 12.1 Å². The van der Waals surface area contributed by atoms with E-state index in [9.17, 15) is 0 Å². The zero-order valence-corrected chi connectivity index (χ0v) is 30.3. The third kappa shape index (κ3) is 4.63. The van der Waals surface area contributed by atoms with E-state index in [1.54, 1.807) is 0 Å². The molecule has 0 saturated carbocycles. The van der Waals surface area contributed by atoms with Crippen LogP contribution in [-0.2, 0) is 0 Å². The van der Waals surface area contributed by atoms with Gasteiger partial charge in [0.2, 0.25) is 0 Å². The van der Waals surface area contributed by atoms with Gasteiger partial charge in [-0.05, 0) is 113 Å². The maximum absolute atomic E-state index is 6.55. The van der Waals surface area contributed by atoms with Crippen molar-refractivity contribution in [2.45, 2.75) is 0 Å². The molecule has 0 bridgehead atoms. The number of fused-ring (bicyclic) bond motifs is 10. The molecule has 2 nitrogen and oxygen atoms in total. The van der Waals surface area contributed by atoms with Crippen LogP contribution in [0.2, 0.25) is 0 Å². The van der Waals surface area contributed by atoms with Crippen LogP contribution in [0.25, 0.3) is 121 Å². The molecule has 0 saturated heterocycles. The van der Waals surface area contributed by atoms with Crippen LogP contribution in [0.4, 0.5) is 0 Å². The fourth-order valence-corrected chi connectivity index (χ4v) is 9.15. The van der Waals surface area contributed by atoms with Crippen LogP contribution in [-0.4, -0.2) is 0 Å². The minimum atomic E-state index is 0.903. The van der Waals surface area contributed by atoms with Crippen molar-refractivity contribution in [1.29, 1.82) is 0 Å². The highest BCUT2D eigenvalue weighted by molar-refractivity contribution is 6.23. The van der Waals surface area contributed by atoms with Crippen LogP contribution >= 0.6 is 0 Å². The number of rotatable bonds is 4. The molecule has 0 aliphatic heterocycles. The Kier molecular flexibility index (Phi) is 6.66. The highest BCUT2D eigenvalue weighted by Gasteiger charge is 2.19. The predicted octanol–water partition coefficient (Wildman–Crippen LogP) is 15.6. The third-order valence-corrected chi connectivity index (χ3v) is 11.7. The van der Waals surface area contributed by atoms with E-state index in [4.69, 9.17) is 8.83 Å². The molecule has 0 aliphatic carbocycles. The fourth-order valence-electron chi connectivity index (χ4n) is 9.15. The topological polar surface area (TPSA) is 26.3 Å². The smallest absolute Gasteiger partial charge is 0.136 e. The normalized spacial score (nSPS) is 11.9. The third-order valence-electron chi connectivity index (χ3n) is 11.7. The van der Waals surface area contributed by atoms with Crippen molar-refractivity contribution in [2.24, 2.45) is 0 Å². The largest absolute Gasteiger partial charge is 0.456 e. The second-order valence-corrected chi connectivity index (χ2v) is 14.7. The van der Waals surface area contributed by atoms with Gasteiger partial charge in [0, 0.05) is 21.5 Å². The molecule has 0 radical (unpaired) electrons. The standard InChI is InChI=1S/C54H32O2/c1-2-14-40-33(11-1)26-30-50-54(40)46-28-25-37(32-51(46)56-50)53-44-18-7-5-16-42(44)52(43-17-6-8-19-45(43)53)35-23-21-34(22-24-35)38-12-3-4-13-39(38)36-27-29-49-47(31-36)41-15-9-10-20-48(41)55-49/h1-32H. The monoisotopic (exact) mass is 712 g/mol. The molecular formula is C54H32O2. The van der Waals surface area contributed by atoms with Gasteiger partial charge in [0.05, 0.1) is 0 Å². The number of para-hydroxylation sites is 1. The van der Waals surface area contributed by atoms with Crippen molar-refractivity contribution >= 4 is 76.2 Å². The zero-order valence-electron chi connectivity index (χ0n) is 30.3. The Morgan fingerprint density at radius 3 is 1.48 bits per heavy atom. The van der Waals surface area contributed by atoms with E-state index < -0.39 is 0 Å². The molecule has 2 heterocycles. The number of hydrogen-bond acceptors (Lipinski definition) is 2. The van der Waals surface area contributed by atoms with E-state index in [1.165, 1.54) is 76.6 Å². The molecule has 0 unspecified atom stereocenters. The number of benzene rings is 10. The van der Waals surface area contributed by atoms with Crippen LogP contribution in [0, 0.1) is 0 Å². The molecule has 0 atom stereocenters. The summed E-state index contributed by atoms with van der Waals surface area (Å²) in [5, 5.41) is 11.9. The average molecular weight is 713 g/mol. The van der Waals surface area contributed by atoms with Gasteiger partial charge in [0.1, 0.15) is 22.3 Å². The molecular weight excluding hydrogens is 681 g/mol. The van der Waals surface area contributed by atoms with Gasteiger partial charge in [-0.1, -0.05) is 158 Å². The maximum atomic E-state index is 6.55. The van der Waals surface area contributed by atoms with E-state index >= 15 is 0 Å². The minimum absolute atomic E-state index is 0.903. The summed E-state index contributed by atoms with van der Waals surface area (Å²) in [6.07, 6.45) is 0. The van der Waals surface area contributed by atoms with Gasteiger partial charge in [-0.15, -0.1) is 0 Å². The molecule has 2 heteroatoms. The molecule has 0 amide bonds. The first-order valence-corrected chi connectivity index (χ1v) is 19.2. The van der Waals surface area contributed by atoms with E-state index in [0.29, 0.717) is 0 Å². The molecule has 0 fully saturated rings. The molecule has 56 heavy (non-hydrogen) atoms. The maximum Gasteiger partial charge on any atom is 0.136 e. The highest BCUT2D eigenvalue weighted by Crippen LogP contribution is 2.46. The Morgan fingerprint density at radius 1 is 0.250 bits per heavy atom. The molecule has 12 aromatic rings. The Bertz CT molecular complexity index is 3470. The number of hydrogen-bond donors (Lipinski definition) is 0. The van der Waals surface area contributed by atoms with Gasteiger partial charge in [-0.2, -0.15) is 0 Å². The van der Waals surface area contributed by atoms with Crippen molar-refractivity contribution in [3.8, 4) is 44.5 Å². The summed E-state index contributed by atoms with van der Waals surface area (Å²) >= 11 is 0. The Morgan fingerprint density at radius 2 is 0.750 bits per heavy atom. The molecule has 10 aromatic carbocycles. The Hall–Kier alpha value is -7.42. The lowest BCUT2D eigenvalue weighted by molar-refractivity contribution is 0.668. The summed E-state index contributed by atoms with van der Waals surface area (Å²) in [4.78, 5) is 0. The van der Waals surface area contributed by atoms with Crippen molar-refractivity contribution in [1.82, 2.24) is 0 Å². The van der Waals surface area contributed by atoms with Crippen LogP contribution in [0.1, 0.15) is 0 Å². The van der Waals surface area contributed by atoms with Crippen molar-refractivity contribution < 1.29 is 8.83 Å². The van der Waals surface area contributed by atoms with Gasteiger partial charge in [0.15, 0.2) is 0 Å². The van der Waals surface area contributed by atoms with Gasteiger partial charge >= 0.3 is 0 Å². The lowest BCUT2D eigenvalue weighted by Gasteiger charge is -2.18. The zero-order chi connectivity index (χ0) is 36.7. The SMILES string of the molecule is c1ccc(-c2ccc3oc4ccccc4c3c2)c(-c2ccc(-c3c4ccccc4c(-c4ccc5c(c4)oc4ccc6ccccc6c45)c4ccccc34)cc2)c1. The summed E-state index contributed by atoms with van der Waals surface area (Å²) < 4.78 is 12.7. The molecule has 0 N–H and O–H groups in total. The quantitative estimate of drug-likeness (QED) is 0.170. The summed E-state index contributed by atoms with van der Waals surface area (Å²) in [7, 11) is 0. The first kappa shape index (κ1) is 31.0. The van der Waals surface area contributed by atoms with Crippen molar-refractivity contribution in [3.63, 3.8) is 0 Å². The molecule has 0 spiro atoms. The highest BCUT2D eigenvalue weighted by atomic mass is 16.3. The van der Waals surface area contributed by atoms with Gasteiger partial charge in [0.25, 0.3) is 0 Å². The van der Waals surface area contributed by atoms with Crippen LogP contribution in [0.5, 0.6) is 0 Å². The van der Waals surface area contributed by atoms with Crippen LogP contribution in [0.3, 0.4) is 0 Å². The Labute approximate surface area is 322 Å². The van der Waals surface area contributed by atoms with E-state index in [2.05, 4.69) is 182 Å². The molecule has 260 valence electrons. The van der Waals surface area contributed by atoms with E-state index in [0.717, 1.165) is 44.1 Å². The summed E-state index contributed by atoms with van der Waals surface area (Å²) in [6.45, 7) is 0. The Balaban J connectivity index is 0.995. The average Bonchev–Trinajstić information content (AvgIpc) is 3.83. The summed E-state index contributed by atoms with van der Waals surface area (Å²) in [5.41, 5.74) is 13.2. The first-order valence-electron chi connectivity index (χ1n) is 19.2. The fraction of sp³-hybridized carbons (Fsp3) is 0. The predicted molar refractivity (Wildman–Crippen MR) is 235 cm³/mol. The summed E-state index contributed by atoms with van der Waals surface area (Å²) in [5.74, 6) is 0. The van der Waals surface area contributed by atoms with Gasteiger partial charge < -0.3 is 8.83 Å².